The van der Waals surface area contributed by atoms with Gasteiger partial charge in [-0.3, -0.25) is 0 Å². The maximum absolute atomic E-state index is 13.5. The van der Waals surface area contributed by atoms with Gasteiger partial charge in [-0.2, -0.15) is 4.98 Å². The number of anilines is 1. The van der Waals surface area contributed by atoms with Crippen LogP contribution < -0.4 is 10.1 Å². The third kappa shape index (κ3) is 3.51. The third-order valence-electron chi connectivity index (χ3n) is 8.06. The summed E-state index contributed by atoms with van der Waals surface area (Å²) in [5, 5.41) is 16.5. The van der Waals surface area contributed by atoms with E-state index in [4.69, 9.17) is 14.6 Å². The minimum absolute atomic E-state index is 0.210. The summed E-state index contributed by atoms with van der Waals surface area (Å²) in [7, 11) is 1.60. The van der Waals surface area contributed by atoms with E-state index in [9.17, 15) is 8.78 Å². The van der Waals surface area contributed by atoms with Crippen LogP contribution in [0.5, 0.6) is 5.88 Å². The molecule has 3 fully saturated rings. The van der Waals surface area contributed by atoms with Gasteiger partial charge in [-0.1, -0.05) is 11.3 Å². The standard InChI is InChI=1S/C25H27F2N7O2/c1-35-22-21-18(15-2-3-19-20(10-15)34(32-30-19)17-11-25(26,27)12-17)6-9-33(21)31-23(29-22)28-16-4-7-24(8-5-16)13-36-14-24/h2-3,6,9-10,16-17H,4-5,7-8,11-14H2,1H3,(H,28,31). The van der Waals surface area contributed by atoms with Crippen LogP contribution in [-0.4, -0.2) is 61.9 Å². The molecule has 2 saturated carbocycles. The highest BCUT2D eigenvalue weighted by molar-refractivity contribution is 5.89. The molecule has 1 spiro atoms. The number of nitrogens with zero attached hydrogens (tertiary/aromatic N) is 6. The first-order valence-electron chi connectivity index (χ1n) is 12.4. The SMILES string of the molecule is COc1nc(NC2CCC3(CC2)COC3)nn2ccc(-c3ccc4nnn(C5CC(F)(F)C5)c4c3)c12. The molecule has 1 aliphatic heterocycles. The fraction of sp³-hybridized carbons (Fsp3) is 0.520. The Balaban J connectivity index is 1.19. The fourth-order valence-electron chi connectivity index (χ4n) is 5.84. The van der Waals surface area contributed by atoms with Crippen molar-refractivity contribution >= 4 is 22.5 Å². The van der Waals surface area contributed by atoms with Crippen molar-refractivity contribution in [3.8, 4) is 17.0 Å². The van der Waals surface area contributed by atoms with Gasteiger partial charge in [0.1, 0.15) is 11.0 Å². The summed E-state index contributed by atoms with van der Waals surface area (Å²) in [5.74, 6) is -1.62. The van der Waals surface area contributed by atoms with E-state index in [0.29, 0.717) is 28.8 Å². The molecule has 0 atom stereocenters. The summed E-state index contributed by atoms with van der Waals surface area (Å²) in [6.07, 6.45) is 5.91. The van der Waals surface area contributed by atoms with Crippen LogP contribution in [0.3, 0.4) is 0 Å². The minimum Gasteiger partial charge on any atom is -0.479 e. The van der Waals surface area contributed by atoms with Crippen molar-refractivity contribution in [1.29, 1.82) is 0 Å². The number of hydrogen-bond donors (Lipinski definition) is 1. The molecule has 3 aromatic heterocycles. The van der Waals surface area contributed by atoms with Crippen LogP contribution in [0, 0.1) is 5.41 Å². The first-order chi connectivity index (χ1) is 17.4. The van der Waals surface area contributed by atoms with Gasteiger partial charge in [-0.25, -0.2) is 18.0 Å². The van der Waals surface area contributed by atoms with Gasteiger partial charge in [0.05, 0.1) is 31.9 Å². The summed E-state index contributed by atoms with van der Waals surface area (Å²) < 4.78 is 41.5. The second kappa shape index (κ2) is 7.83. The highest BCUT2D eigenvalue weighted by Crippen LogP contribution is 2.46. The summed E-state index contributed by atoms with van der Waals surface area (Å²) in [6.45, 7) is 1.77. The van der Waals surface area contributed by atoms with Crippen molar-refractivity contribution in [1.82, 2.24) is 29.6 Å². The molecule has 0 bridgehead atoms. The molecule has 4 heterocycles. The van der Waals surface area contributed by atoms with E-state index in [1.807, 2.05) is 30.5 Å². The van der Waals surface area contributed by atoms with E-state index in [1.54, 1.807) is 16.3 Å². The predicted molar refractivity (Wildman–Crippen MR) is 128 cm³/mol. The molecule has 2 aliphatic carbocycles. The molecule has 0 unspecified atom stereocenters. The van der Waals surface area contributed by atoms with Gasteiger partial charge in [0.2, 0.25) is 11.8 Å². The number of fused-ring (bicyclic) bond motifs is 2. The molecule has 4 aromatic rings. The molecule has 1 saturated heterocycles. The Morgan fingerprint density at radius 1 is 1.14 bits per heavy atom. The van der Waals surface area contributed by atoms with Crippen LogP contribution in [0.25, 0.3) is 27.7 Å². The molecular formula is C25H27F2N7O2. The van der Waals surface area contributed by atoms with Crippen LogP contribution in [0.2, 0.25) is 0 Å². The van der Waals surface area contributed by atoms with Crippen molar-refractivity contribution in [2.24, 2.45) is 5.41 Å². The quantitative estimate of drug-likeness (QED) is 0.436. The molecule has 36 heavy (non-hydrogen) atoms. The molecule has 0 radical (unpaired) electrons. The van der Waals surface area contributed by atoms with Crippen molar-refractivity contribution in [2.45, 2.75) is 56.5 Å². The van der Waals surface area contributed by atoms with Gasteiger partial charge in [0, 0.05) is 36.1 Å². The minimum atomic E-state index is -2.62. The van der Waals surface area contributed by atoms with Crippen molar-refractivity contribution in [2.75, 3.05) is 25.6 Å². The molecule has 1 N–H and O–H groups in total. The fourth-order valence-corrected chi connectivity index (χ4v) is 5.84. The Hall–Kier alpha value is -3.34. The Morgan fingerprint density at radius 3 is 2.64 bits per heavy atom. The smallest absolute Gasteiger partial charge is 0.252 e. The van der Waals surface area contributed by atoms with Crippen LogP contribution in [-0.2, 0) is 4.74 Å². The van der Waals surface area contributed by atoms with Crippen LogP contribution in [0.1, 0.15) is 44.6 Å². The lowest BCUT2D eigenvalue weighted by molar-refractivity contribution is -0.131. The number of rotatable bonds is 5. The van der Waals surface area contributed by atoms with Crippen molar-refractivity contribution in [3.05, 3.63) is 30.5 Å². The molecular weight excluding hydrogens is 468 g/mol. The van der Waals surface area contributed by atoms with Gasteiger partial charge in [0.25, 0.3) is 5.92 Å². The Kier molecular flexibility index (Phi) is 4.76. The molecule has 3 aliphatic rings. The van der Waals surface area contributed by atoms with E-state index in [1.165, 1.54) is 0 Å². The number of methoxy groups -OCH3 is 1. The monoisotopic (exact) mass is 495 g/mol. The summed E-state index contributed by atoms with van der Waals surface area (Å²) in [4.78, 5) is 4.68. The van der Waals surface area contributed by atoms with Crippen LogP contribution >= 0.6 is 0 Å². The second-order valence-corrected chi connectivity index (χ2v) is 10.5. The number of hydrogen-bond acceptors (Lipinski definition) is 7. The van der Waals surface area contributed by atoms with Crippen LogP contribution in [0.4, 0.5) is 14.7 Å². The summed E-state index contributed by atoms with van der Waals surface area (Å²) in [6, 6.07) is 7.69. The predicted octanol–water partition coefficient (Wildman–Crippen LogP) is 4.49. The molecule has 188 valence electrons. The molecule has 1 aromatic carbocycles. The molecule has 11 heteroatoms. The summed E-state index contributed by atoms with van der Waals surface area (Å²) >= 11 is 0. The molecule has 7 rings (SSSR count). The van der Waals surface area contributed by atoms with Gasteiger partial charge in [-0.05, 0) is 49.4 Å². The van der Waals surface area contributed by atoms with Gasteiger partial charge >= 0.3 is 0 Å². The Bertz CT molecular complexity index is 1440. The van der Waals surface area contributed by atoms with E-state index in [0.717, 1.165) is 61.1 Å². The topological polar surface area (TPSA) is 91.4 Å². The second-order valence-electron chi connectivity index (χ2n) is 10.5. The molecule has 9 nitrogen and oxygen atoms in total. The summed E-state index contributed by atoms with van der Waals surface area (Å²) in [5.41, 5.74) is 4.32. The van der Waals surface area contributed by atoms with E-state index in [2.05, 4.69) is 20.6 Å². The zero-order valence-corrected chi connectivity index (χ0v) is 20.0. The van der Waals surface area contributed by atoms with Gasteiger partial charge < -0.3 is 14.8 Å². The van der Waals surface area contributed by atoms with E-state index < -0.39 is 5.92 Å². The Labute approximate surface area is 205 Å². The highest BCUT2D eigenvalue weighted by Gasteiger charge is 2.47. The number of halogens is 2. The lowest BCUT2D eigenvalue weighted by atomic mass is 9.71. The lowest BCUT2D eigenvalue weighted by Gasteiger charge is -2.46. The third-order valence-corrected chi connectivity index (χ3v) is 8.06. The number of ether oxygens (including phenoxy) is 2. The number of benzene rings is 1. The maximum Gasteiger partial charge on any atom is 0.252 e. The molecule has 0 amide bonds. The van der Waals surface area contributed by atoms with Crippen molar-refractivity contribution < 1.29 is 18.3 Å². The first kappa shape index (κ1) is 21.9. The normalized spacial score (nSPS) is 21.5. The maximum atomic E-state index is 13.5. The largest absolute Gasteiger partial charge is 0.479 e. The van der Waals surface area contributed by atoms with E-state index >= 15 is 0 Å². The van der Waals surface area contributed by atoms with Crippen molar-refractivity contribution in [3.63, 3.8) is 0 Å². The first-order valence-corrected chi connectivity index (χ1v) is 12.4. The average molecular weight is 496 g/mol. The van der Waals surface area contributed by atoms with Gasteiger partial charge in [-0.15, -0.1) is 10.2 Å². The number of nitrogens with one attached hydrogen (secondary N) is 1. The average Bonchev–Trinajstić information content (AvgIpc) is 3.45. The zero-order valence-electron chi connectivity index (χ0n) is 20.0. The van der Waals surface area contributed by atoms with E-state index in [-0.39, 0.29) is 18.9 Å². The number of alkyl halides is 2. The highest BCUT2D eigenvalue weighted by atomic mass is 19.3. The van der Waals surface area contributed by atoms with Gasteiger partial charge in [0.15, 0.2) is 0 Å². The lowest BCUT2D eigenvalue weighted by Crippen LogP contribution is -2.47. The zero-order chi connectivity index (χ0) is 24.5. The Morgan fingerprint density at radius 2 is 1.94 bits per heavy atom. The number of aromatic nitrogens is 6. The van der Waals surface area contributed by atoms with Crippen LogP contribution in [0.15, 0.2) is 30.5 Å².